The molecule has 3 heterocycles. The van der Waals surface area contributed by atoms with Crippen LogP contribution in [0, 0.1) is 5.92 Å². The van der Waals surface area contributed by atoms with Crippen molar-refractivity contribution in [1.29, 1.82) is 0 Å². The highest BCUT2D eigenvalue weighted by Gasteiger charge is 2.22. The maximum absolute atomic E-state index is 6.16. The van der Waals surface area contributed by atoms with Gasteiger partial charge in [0.2, 0.25) is 5.88 Å². The second-order valence-corrected chi connectivity index (χ2v) is 7.63. The third-order valence-electron chi connectivity index (χ3n) is 5.01. The molecule has 1 aliphatic rings. The molecule has 0 spiro atoms. The highest BCUT2D eigenvalue weighted by molar-refractivity contribution is 7.98. The molecule has 5 nitrogen and oxygen atoms in total. The van der Waals surface area contributed by atoms with E-state index < -0.39 is 0 Å². The summed E-state index contributed by atoms with van der Waals surface area (Å²) in [6.07, 6.45) is 6.51. The zero-order valence-electron chi connectivity index (χ0n) is 15.2. The summed E-state index contributed by atoms with van der Waals surface area (Å²) in [5, 5.41) is 8.16. The van der Waals surface area contributed by atoms with E-state index in [2.05, 4.69) is 47.7 Å². The van der Waals surface area contributed by atoms with Crippen molar-refractivity contribution >= 4 is 17.4 Å². The largest absolute Gasteiger partial charge is 0.473 e. The molecule has 26 heavy (non-hydrogen) atoms. The Balaban J connectivity index is 1.61. The van der Waals surface area contributed by atoms with Crippen molar-refractivity contribution < 1.29 is 4.74 Å². The molecule has 4 rings (SSSR count). The summed E-state index contributed by atoms with van der Waals surface area (Å²) in [4.78, 5) is 5.71. The third-order valence-corrected chi connectivity index (χ3v) is 5.73. The van der Waals surface area contributed by atoms with Gasteiger partial charge in [-0.05, 0) is 50.8 Å². The number of hydrogen-bond acceptors (Lipinski definition) is 5. The van der Waals surface area contributed by atoms with Gasteiger partial charge in [0.15, 0.2) is 5.65 Å². The van der Waals surface area contributed by atoms with Crippen molar-refractivity contribution in [3.8, 4) is 17.1 Å². The van der Waals surface area contributed by atoms with E-state index in [1.165, 1.54) is 17.7 Å². The molecule has 1 aromatic carbocycles. The van der Waals surface area contributed by atoms with Crippen LogP contribution in [-0.4, -0.2) is 40.0 Å². The first-order valence-electron chi connectivity index (χ1n) is 9.11. The van der Waals surface area contributed by atoms with Gasteiger partial charge < -0.3 is 10.1 Å². The minimum Gasteiger partial charge on any atom is -0.473 e. The number of ether oxygens (including phenoxy) is 1. The van der Waals surface area contributed by atoms with Crippen LogP contribution in [0.5, 0.6) is 5.88 Å². The Kier molecular flexibility index (Phi) is 5.13. The fourth-order valence-corrected chi connectivity index (χ4v) is 3.92. The molecule has 1 fully saturated rings. The van der Waals surface area contributed by atoms with E-state index in [-0.39, 0.29) is 6.10 Å². The average molecular weight is 369 g/mol. The van der Waals surface area contributed by atoms with E-state index >= 15 is 0 Å². The first-order valence-corrected chi connectivity index (χ1v) is 10.3. The number of hydrogen-bond donors (Lipinski definition) is 1. The van der Waals surface area contributed by atoms with Crippen LogP contribution in [0.1, 0.15) is 19.8 Å². The third kappa shape index (κ3) is 3.57. The summed E-state index contributed by atoms with van der Waals surface area (Å²) >= 11 is 1.73. The quantitative estimate of drug-likeness (QED) is 0.693. The van der Waals surface area contributed by atoms with Crippen LogP contribution in [0.15, 0.2) is 47.5 Å². The lowest BCUT2D eigenvalue weighted by molar-refractivity contribution is 0.124. The van der Waals surface area contributed by atoms with Crippen LogP contribution in [0.3, 0.4) is 0 Å². The highest BCUT2D eigenvalue weighted by atomic mass is 32.2. The van der Waals surface area contributed by atoms with E-state index in [9.17, 15) is 0 Å². The number of benzene rings is 1. The summed E-state index contributed by atoms with van der Waals surface area (Å²) in [5.41, 5.74) is 2.92. The molecule has 0 amide bonds. The van der Waals surface area contributed by atoms with Gasteiger partial charge in [0.1, 0.15) is 6.10 Å². The predicted molar refractivity (Wildman–Crippen MR) is 106 cm³/mol. The zero-order valence-corrected chi connectivity index (χ0v) is 16.0. The number of nitrogens with one attached hydrogen (secondary N) is 1. The van der Waals surface area contributed by atoms with E-state index in [1.807, 2.05) is 22.8 Å². The Morgan fingerprint density at radius 2 is 2.23 bits per heavy atom. The Morgan fingerprint density at radius 3 is 3.04 bits per heavy atom. The van der Waals surface area contributed by atoms with Crippen molar-refractivity contribution in [3.05, 3.63) is 42.6 Å². The van der Waals surface area contributed by atoms with Gasteiger partial charge >= 0.3 is 0 Å². The fourth-order valence-electron chi connectivity index (χ4n) is 3.46. The topological polar surface area (TPSA) is 51.5 Å². The summed E-state index contributed by atoms with van der Waals surface area (Å²) in [6, 6.07) is 12.3. The second-order valence-electron chi connectivity index (χ2n) is 6.75. The lowest BCUT2D eigenvalue weighted by Gasteiger charge is -2.28. The molecular formula is C20H24N4OS. The van der Waals surface area contributed by atoms with Gasteiger partial charge in [0.25, 0.3) is 0 Å². The molecule has 2 unspecified atom stereocenters. The minimum absolute atomic E-state index is 0.138. The Morgan fingerprint density at radius 1 is 1.31 bits per heavy atom. The normalized spacial score (nSPS) is 18.8. The van der Waals surface area contributed by atoms with Gasteiger partial charge in [0, 0.05) is 29.0 Å². The SMILES string of the molecule is CSc1cccc(-c2cnc3ccc(OC(C)C4CCCNC4)nn23)c1. The van der Waals surface area contributed by atoms with Crippen LogP contribution in [0.25, 0.3) is 16.9 Å². The van der Waals surface area contributed by atoms with Crippen LogP contribution in [0.4, 0.5) is 0 Å². The summed E-state index contributed by atoms with van der Waals surface area (Å²) in [6.45, 7) is 4.27. The van der Waals surface area contributed by atoms with Gasteiger partial charge in [-0.15, -0.1) is 16.9 Å². The van der Waals surface area contributed by atoms with Crippen molar-refractivity contribution in [2.45, 2.75) is 30.8 Å². The van der Waals surface area contributed by atoms with Crippen LogP contribution in [0.2, 0.25) is 0 Å². The van der Waals surface area contributed by atoms with Crippen molar-refractivity contribution in [2.75, 3.05) is 19.3 Å². The van der Waals surface area contributed by atoms with Crippen molar-refractivity contribution in [3.63, 3.8) is 0 Å². The number of thioether (sulfide) groups is 1. The molecule has 0 bridgehead atoms. The fraction of sp³-hybridized carbons (Fsp3) is 0.400. The van der Waals surface area contributed by atoms with Crippen LogP contribution in [-0.2, 0) is 0 Å². The van der Waals surface area contributed by atoms with Crippen LogP contribution >= 0.6 is 11.8 Å². The van der Waals surface area contributed by atoms with Gasteiger partial charge in [-0.3, -0.25) is 0 Å². The first kappa shape index (κ1) is 17.4. The second kappa shape index (κ2) is 7.68. The Labute approximate surface area is 158 Å². The highest BCUT2D eigenvalue weighted by Crippen LogP contribution is 2.26. The number of imidazole rings is 1. The molecule has 0 radical (unpaired) electrons. The zero-order chi connectivity index (χ0) is 17.9. The molecule has 1 aliphatic heterocycles. The average Bonchev–Trinajstić information content (AvgIpc) is 3.12. The lowest BCUT2D eigenvalue weighted by atomic mass is 9.95. The number of rotatable bonds is 5. The number of nitrogens with zero attached hydrogens (tertiary/aromatic N) is 3. The maximum Gasteiger partial charge on any atom is 0.232 e. The van der Waals surface area contributed by atoms with Crippen molar-refractivity contribution in [1.82, 2.24) is 19.9 Å². The van der Waals surface area contributed by atoms with Gasteiger partial charge in [-0.25, -0.2) is 9.50 Å². The van der Waals surface area contributed by atoms with Crippen molar-refractivity contribution in [2.24, 2.45) is 5.92 Å². The van der Waals surface area contributed by atoms with E-state index in [1.54, 1.807) is 11.8 Å². The molecule has 0 aliphatic carbocycles. The van der Waals surface area contributed by atoms with E-state index in [0.717, 1.165) is 30.0 Å². The standard InChI is InChI=1S/C20H24N4OS/c1-14(16-6-4-10-21-12-16)25-20-9-8-19-22-13-18(24(19)23-20)15-5-3-7-17(11-15)26-2/h3,5,7-9,11,13-14,16,21H,4,6,10,12H2,1-2H3. The predicted octanol–water partition coefficient (Wildman–Crippen LogP) is 3.89. The number of piperidine rings is 1. The molecule has 2 aromatic heterocycles. The van der Waals surface area contributed by atoms with Gasteiger partial charge in [0.05, 0.1) is 11.9 Å². The lowest BCUT2D eigenvalue weighted by Crippen LogP contribution is -2.38. The molecule has 2 atom stereocenters. The van der Waals surface area contributed by atoms with Gasteiger partial charge in [-0.2, -0.15) is 0 Å². The van der Waals surface area contributed by atoms with Gasteiger partial charge in [-0.1, -0.05) is 12.1 Å². The Bertz CT molecular complexity index is 888. The number of fused-ring (bicyclic) bond motifs is 1. The van der Waals surface area contributed by atoms with Crippen LogP contribution < -0.4 is 10.1 Å². The molecular weight excluding hydrogens is 344 g/mol. The number of aromatic nitrogens is 3. The van der Waals surface area contributed by atoms with E-state index in [0.29, 0.717) is 11.8 Å². The smallest absolute Gasteiger partial charge is 0.232 e. The Hall–Kier alpha value is -2.05. The summed E-state index contributed by atoms with van der Waals surface area (Å²) in [7, 11) is 0. The monoisotopic (exact) mass is 368 g/mol. The molecule has 3 aromatic rings. The molecule has 6 heteroatoms. The molecule has 0 saturated carbocycles. The minimum atomic E-state index is 0.138. The summed E-state index contributed by atoms with van der Waals surface area (Å²) < 4.78 is 8.04. The first-order chi connectivity index (χ1) is 12.7. The summed E-state index contributed by atoms with van der Waals surface area (Å²) in [5.74, 6) is 1.18. The van der Waals surface area contributed by atoms with E-state index in [4.69, 9.17) is 9.84 Å². The molecule has 1 N–H and O–H groups in total. The molecule has 1 saturated heterocycles. The molecule has 136 valence electrons. The maximum atomic E-state index is 6.16.